The lowest BCUT2D eigenvalue weighted by atomic mass is 9.94. The topological polar surface area (TPSA) is 30.5 Å². The molecule has 0 fully saturated rings. The largest absolute Gasteiger partial charge is 0.496 e. The highest BCUT2D eigenvalue weighted by Crippen LogP contribution is 2.26. The Kier molecular flexibility index (Phi) is 7.56. The molecule has 0 bridgehead atoms. The molecule has 4 heteroatoms. The lowest BCUT2D eigenvalue weighted by Gasteiger charge is -2.30. The molecule has 0 aromatic heterocycles. The van der Waals surface area contributed by atoms with E-state index in [0.717, 1.165) is 23.2 Å². The molecule has 0 aliphatic carbocycles. The van der Waals surface area contributed by atoms with Gasteiger partial charge < -0.3 is 14.8 Å². The number of ether oxygens (including phenoxy) is 2. The second kappa shape index (κ2) is 8.65. The molecule has 20 heavy (non-hydrogen) atoms. The molecule has 1 N–H and O–H groups in total. The van der Waals surface area contributed by atoms with Gasteiger partial charge in [-0.2, -0.15) is 0 Å². The summed E-state index contributed by atoms with van der Waals surface area (Å²) in [5, 5.41) is 3.39. The van der Waals surface area contributed by atoms with Crippen molar-refractivity contribution in [3.05, 3.63) is 28.2 Å². The second-order valence-electron chi connectivity index (χ2n) is 5.23. The Morgan fingerprint density at radius 3 is 2.45 bits per heavy atom. The molecule has 114 valence electrons. The Morgan fingerprint density at radius 1 is 1.30 bits per heavy atom. The number of benzene rings is 1. The minimum atomic E-state index is 0.214. The van der Waals surface area contributed by atoms with E-state index in [2.05, 4.69) is 47.2 Å². The van der Waals surface area contributed by atoms with E-state index >= 15 is 0 Å². The maximum absolute atomic E-state index is 5.90. The molecule has 2 atom stereocenters. The van der Waals surface area contributed by atoms with E-state index in [1.807, 2.05) is 20.0 Å². The first-order chi connectivity index (χ1) is 9.53. The summed E-state index contributed by atoms with van der Waals surface area (Å²) in [4.78, 5) is 0. The molecule has 3 nitrogen and oxygen atoms in total. The van der Waals surface area contributed by atoms with E-state index in [-0.39, 0.29) is 6.10 Å². The van der Waals surface area contributed by atoms with Gasteiger partial charge >= 0.3 is 0 Å². The zero-order valence-electron chi connectivity index (χ0n) is 13.1. The molecule has 1 aromatic rings. The minimum Gasteiger partial charge on any atom is -0.496 e. The third-order valence-corrected chi connectivity index (χ3v) is 4.08. The van der Waals surface area contributed by atoms with Gasteiger partial charge in [-0.25, -0.2) is 0 Å². The van der Waals surface area contributed by atoms with Gasteiger partial charge in [0.25, 0.3) is 0 Å². The second-order valence-corrected chi connectivity index (χ2v) is 6.09. The van der Waals surface area contributed by atoms with Gasteiger partial charge in [0, 0.05) is 12.6 Å². The highest BCUT2D eigenvalue weighted by Gasteiger charge is 2.24. The van der Waals surface area contributed by atoms with Gasteiger partial charge in [-0.15, -0.1) is 0 Å². The van der Waals surface area contributed by atoms with Gasteiger partial charge in [-0.05, 0) is 59.9 Å². The molecular formula is C16H26BrNO2. The maximum Gasteiger partial charge on any atom is 0.133 e. The first kappa shape index (κ1) is 17.5. The predicted octanol–water partition coefficient (Wildman–Crippen LogP) is 3.65. The summed E-state index contributed by atoms with van der Waals surface area (Å²) in [7, 11) is 3.68. The van der Waals surface area contributed by atoms with Crippen molar-refractivity contribution in [2.24, 2.45) is 5.92 Å². The quantitative estimate of drug-likeness (QED) is 0.781. The fourth-order valence-corrected chi connectivity index (χ4v) is 3.03. The van der Waals surface area contributed by atoms with Crippen LogP contribution < -0.4 is 10.1 Å². The van der Waals surface area contributed by atoms with Crippen LogP contribution in [-0.2, 0) is 11.2 Å². The van der Waals surface area contributed by atoms with Gasteiger partial charge in [-0.3, -0.25) is 0 Å². The zero-order valence-corrected chi connectivity index (χ0v) is 14.7. The van der Waals surface area contributed by atoms with E-state index in [9.17, 15) is 0 Å². The Bertz CT molecular complexity index is 409. The lowest BCUT2D eigenvalue weighted by molar-refractivity contribution is 0.00535. The van der Waals surface area contributed by atoms with Gasteiger partial charge in [-0.1, -0.05) is 19.9 Å². The SMILES string of the molecule is CCOC(C(C)C)C(Cc1ccc(OC)c(Br)c1)NC. The van der Waals surface area contributed by atoms with Crippen molar-refractivity contribution < 1.29 is 9.47 Å². The average Bonchev–Trinajstić information content (AvgIpc) is 2.42. The van der Waals surface area contributed by atoms with Crippen LogP contribution in [0.1, 0.15) is 26.3 Å². The van der Waals surface area contributed by atoms with Crippen molar-refractivity contribution in [3.8, 4) is 5.75 Å². The maximum atomic E-state index is 5.90. The Morgan fingerprint density at radius 2 is 2.00 bits per heavy atom. The third-order valence-electron chi connectivity index (χ3n) is 3.46. The van der Waals surface area contributed by atoms with Crippen LogP contribution in [0.5, 0.6) is 5.75 Å². The summed E-state index contributed by atoms with van der Waals surface area (Å²) < 4.78 is 12.2. The van der Waals surface area contributed by atoms with Crippen LogP contribution in [0.4, 0.5) is 0 Å². The van der Waals surface area contributed by atoms with Crippen LogP contribution in [0.2, 0.25) is 0 Å². The summed E-state index contributed by atoms with van der Waals surface area (Å²) in [6.45, 7) is 7.20. The average molecular weight is 344 g/mol. The van der Waals surface area contributed by atoms with Crippen LogP contribution in [-0.4, -0.2) is 32.9 Å². The fourth-order valence-electron chi connectivity index (χ4n) is 2.44. The first-order valence-corrected chi connectivity index (χ1v) is 7.94. The van der Waals surface area contributed by atoms with E-state index in [0.29, 0.717) is 12.0 Å². The van der Waals surface area contributed by atoms with Crippen LogP contribution >= 0.6 is 15.9 Å². The van der Waals surface area contributed by atoms with E-state index in [1.54, 1.807) is 7.11 Å². The van der Waals surface area contributed by atoms with Crippen LogP contribution in [0.3, 0.4) is 0 Å². The lowest BCUT2D eigenvalue weighted by Crippen LogP contribution is -2.44. The molecule has 2 unspecified atom stereocenters. The number of nitrogens with one attached hydrogen (secondary N) is 1. The van der Waals surface area contributed by atoms with Crippen LogP contribution in [0.25, 0.3) is 0 Å². The van der Waals surface area contributed by atoms with Crippen molar-refractivity contribution in [2.45, 2.75) is 39.3 Å². The zero-order chi connectivity index (χ0) is 15.1. The number of rotatable bonds is 8. The predicted molar refractivity (Wildman–Crippen MR) is 87.5 cm³/mol. The van der Waals surface area contributed by atoms with Crippen molar-refractivity contribution >= 4 is 15.9 Å². The molecule has 0 radical (unpaired) electrons. The molecule has 0 spiro atoms. The molecule has 1 rings (SSSR count). The van der Waals surface area contributed by atoms with Gasteiger partial charge in [0.15, 0.2) is 0 Å². The van der Waals surface area contributed by atoms with Crippen LogP contribution in [0.15, 0.2) is 22.7 Å². The number of likely N-dealkylation sites (N-methyl/N-ethyl adjacent to an activating group) is 1. The summed E-state index contributed by atoms with van der Waals surface area (Å²) in [5.41, 5.74) is 1.27. The number of hydrogen-bond donors (Lipinski definition) is 1. The molecule has 0 heterocycles. The fraction of sp³-hybridized carbons (Fsp3) is 0.625. The highest BCUT2D eigenvalue weighted by molar-refractivity contribution is 9.10. The van der Waals surface area contributed by atoms with Crippen molar-refractivity contribution in [2.75, 3.05) is 20.8 Å². The Labute approximate surface area is 131 Å². The first-order valence-electron chi connectivity index (χ1n) is 7.14. The minimum absolute atomic E-state index is 0.214. The van der Waals surface area contributed by atoms with E-state index < -0.39 is 0 Å². The smallest absolute Gasteiger partial charge is 0.133 e. The number of halogens is 1. The summed E-state index contributed by atoms with van der Waals surface area (Å²) >= 11 is 3.54. The van der Waals surface area contributed by atoms with Gasteiger partial charge in [0.2, 0.25) is 0 Å². The van der Waals surface area contributed by atoms with Crippen molar-refractivity contribution in [1.29, 1.82) is 0 Å². The Hall–Kier alpha value is -0.580. The third kappa shape index (κ3) is 4.76. The van der Waals surface area contributed by atoms with Gasteiger partial charge in [0.05, 0.1) is 17.7 Å². The van der Waals surface area contributed by atoms with Crippen LogP contribution in [0, 0.1) is 5.92 Å². The number of hydrogen-bond acceptors (Lipinski definition) is 3. The van der Waals surface area contributed by atoms with E-state index in [4.69, 9.17) is 9.47 Å². The normalized spacial score (nSPS) is 14.3. The monoisotopic (exact) mass is 343 g/mol. The molecule has 0 aliphatic rings. The molecular weight excluding hydrogens is 318 g/mol. The summed E-state index contributed by atoms with van der Waals surface area (Å²) in [6.07, 6.45) is 1.15. The van der Waals surface area contributed by atoms with Gasteiger partial charge in [0.1, 0.15) is 5.75 Å². The molecule has 0 amide bonds. The summed E-state index contributed by atoms with van der Waals surface area (Å²) in [6, 6.07) is 6.52. The van der Waals surface area contributed by atoms with Crippen molar-refractivity contribution in [3.63, 3.8) is 0 Å². The standard InChI is InChI=1S/C16H26BrNO2/c1-6-20-16(11(2)3)14(18-4)10-12-7-8-15(19-5)13(17)9-12/h7-9,11,14,16,18H,6,10H2,1-5H3. The number of methoxy groups -OCH3 is 1. The molecule has 0 saturated carbocycles. The van der Waals surface area contributed by atoms with Crippen molar-refractivity contribution in [1.82, 2.24) is 5.32 Å². The molecule has 1 aromatic carbocycles. The highest BCUT2D eigenvalue weighted by atomic mass is 79.9. The molecule has 0 aliphatic heterocycles. The molecule has 0 saturated heterocycles. The summed E-state index contributed by atoms with van der Waals surface area (Å²) in [5.74, 6) is 1.34. The van der Waals surface area contributed by atoms with E-state index in [1.165, 1.54) is 5.56 Å². The Balaban J connectivity index is 2.84.